The number of hydrogen-bond donors (Lipinski definition) is 3. The Morgan fingerprint density at radius 1 is 0.625 bits per heavy atom. The molecule has 16 nitrogen and oxygen atoms in total. The van der Waals surface area contributed by atoms with Gasteiger partial charge in [0.15, 0.2) is 11.6 Å². The van der Waals surface area contributed by atoms with Crippen molar-refractivity contribution in [3.63, 3.8) is 0 Å². The average Bonchev–Trinajstić information content (AvgIpc) is 3.20. The van der Waals surface area contributed by atoms with Crippen molar-refractivity contribution in [1.29, 1.82) is 0 Å². The molecule has 0 bridgehead atoms. The number of carbonyl (C=O) groups is 4. The minimum absolute atomic E-state index is 0. The van der Waals surface area contributed by atoms with Crippen LogP contribution in [0.25, 0.3) is 0 Å². The van der Waals surface area contributed by atoms with E-state index in [1.54, 1.807) is 24.5 Å². The van der Waals surface area contributed by atoms with Crippen LogP contribution in [0.2, 0.25) is 20.1 Å². The Bertz CT molecular complexity index is 2270. The van der Waals surface area contributed by atoms with E-state index in [0.29, 0.717) is 108 Å². The summed E-state index contributed by atoms with van der Waals surface area (Å²) in [7, 11) is 1.38. The number of nitrogens with zero attached hydrogens (tertiary/aromatic N) is 6. The minimum Gasteiger partial charge on any atom is -0.870 e. The number of piperazine rings is 2. The number of methoxy groups -OCH3 is 1. The van der Waals surface area contributed by atoms with Gasteiger partial charge in [0.25, 0.3) is 0 Å². The van der Waals surface area contributed by atoms with E-state index in [1.807, 2.05) is 58.3 Å². The quantitative estimate of drug-likeness (QED) is 0.170. The SMILES string of the molecule is COC(=O)C1CC(C(=O)N2CCN(c3ncc(Cl)cc3N)C(c3ccc(Cl)cc3)C2)C1.Nc1cc(Cl)cnc1N1CCN(C(=O)C2CC(C(=O)O)C2)CC1c1ccc(Cl)cc1.O.[Li+].[OH-]. The second-order valence-electron chi connectivity index (χ2n) is 15.8. The van der Waals surface area contributed by atoms with Gasteiger partial charge in [-0.05, 0) is 73.2 Å². The molecule has 4 aromatic rings. The Kier molecular flexibility index (Phi) is 18.4. The normalized spacial score (nSPS) is 22.4. The number of aromatic nitrogens is 2. The van der Waals surface area contributed by atoms with Crippen molar-refractivity contribution in [2.24, 2.45) is 23.7 Å². The molecule has 4 heterocycles. The van der Waals surface area contributed by atoms with Gasteiger partial charge in [0.2, 0.25) is 11.8 Å². The van der Waals surface area contributed by atoms with Crippen LogP contribution in [-0.2, 0) is 23.9 Å². The van der Waals surface area contributed by atoms with Crippen LogP contribution in [0.1, 0.15) is 48.9 Å². The van der Waals surface area contributed by atoms with E-state index in [-0.39, 0.29) is 77.4 Å². The number of halogens is 4. The molecule has 2 unspecified atom stereocenters. The smallest absolute Gasteiger partial charge is 0.870 e. The van der Waals surface area contributed by atoms with Crippen molar-refractivity contribution >= 4 is 93.2 Å². The van der Waals surface area contributed by atoms with Crippen molar-refractivity contribution in [2.45, 2.75) is 37.8 Å². The maximum Gasteiger partial charge on any atom is 1.00 e. The fourth-order valence-corrected chi connectivity index (χ4v) is 9.09. The van der Waals surface area contributed by atoms with Crippen LogP contribution in [0.3, 0.4) is 0 Å². The summed E-state index contributed by atoms with van der Waals surface area (Å²) in [5.74, 6) is -0.645. The van der Waals surface area contributed by atoms with E-state index in [4.69, 9.17) is 67.7 Å². The topological polar surface area (TPSA) is 250 Å². The van der Waals surface area contributed by atoms with Gasteiger partial charge in [0, 0.05) is 73.5 Å². The molecule has 4 aliphatic rings. The molecule has 21 heteroatoms. The molecule has 2 atom stereocenters. The standard InChI is InChI=1S/C22H24Cl2N4O3.C21H22Cl2N4O3.Li.2H2O/c1-31-22(30)15-8-14(9-15)21(29)27-6-7-28(20-18(25)10-17(24)11-26-20)19(12-27)13-2-4-16(23)5-3-13;22-15-3-1-12(2-4-15)18-11-26(20(28)13-7-14(8-13)21(29)30)5-6-27(18)19-17(24)9-16(23)10-25-19;;;/h2-5,10-11,14-15,19H,6-9,12,25H2,1H3;1-4,9-10,13-14,18H,5-8,11,24H2,(H,29,30);;2*1H2/q;;+1;;/p-1. The summed E-state index contributed by atoms with van der Waals surface area (Å²) in [6, 6.07) is 18.1. The van der Waals surface area contributed by atoms with Gasteiger partial charge in [0.1, 0.15) is 0 Å². The molecule has 4 fully saturated rings. The molecule has 0 radical (unpaired) electrons. The van der Waals surface area contributed by atoms with Gasteiger partial charge in [-0.1, -0.05) is 70.7 Å². The number of carboxylic acid groups (broad SMARTS) is 1. The second kappa shape index (κ2) is 22.6. The number of hydrogen-bond acceptors (Lipinski definition) is 12. The molecular weight excluding hydrogens is 905 g/mol. The first-order valence-electron chi connectivity index (χ1n) is 19.9. The first kappa shape index (κ1) is 52.1. The molecule has 338 valence electrons. The summed E-state index contributed by atoms with van der Waals surface area (Å²) in [5.41, 5.74) is 15.4. The summed E-state index contributed by atoms with van der Waals surface area (Å²) in [4.78, 5) is 65.6. The fourth-order valence-electron chi connectivity index (χ4n) is 8.51. The zero-order chi connectivity index (χ0) is 43.5. The molecule has 2 saturated carbocycles. The van der Waals surface area contributed by atoms with Gasteiger partial charge in [-0.15, -0.1) is 0 Å². The molecule has 2 aliphatic heterocycles. The average molecular weight is 955 g/mol. The number of rotatable bonds is 8. The van der Waals surface area contributed by atoms with Gasteiger partial charge in [-0.25, -0.2) is 9.97 Å². The van der Waals surface area contributed by atoms with Crippen molar-refractivity contribution < 1.29 is 58.8 Å². The van der Waals surface area contributed by atoms with Crippen LogP contribution in [0.4, 0.5) is 23.0 Å². The Hall–Kier alpha value is -4.50. The van der Waals surface area contributed by atoms with Crippen molar-refractivity contribution in [3.05, 3.63) is 104 Å². The summed E-state index contributed by atoms with van der Waals surface area (Å²) in [5, 5.41) is 11.3. The zero-order valence-electron chi connectivity index (χ0n) is 35.2. The van der Waals surface area contributed by atoms with Crippen molar-refractivity contribution in [2.75, 3.05) is 67.6 Å². The number of amides is 2. The Morgan fingerprint density at radius 3 is 1.34 bits per heavy atom. The van der Waals surface area contributed by atoms with Crippen molar-refractivity contribution in [1.82, 2.24) is 19.8 Å². The number of esters is 1. The first-order valence-corrected chi connectivity index (χ1v) is 21.5. The van der Waals surface area contributed by atoms with E-state index < -0.39 is 11.9 Å². The molecule has 0 spiro atoms. The number of pyridine rings is 2. The van der Waals surface area contributed by atoms with Crippen LogP contribution in [0.5, 0.6) is 0 Å². The van der Waals surface area contributed by atoms with E-state index in [0.717, 1.165) is 11.1 Å². The Labute approximate surface area is 402 Å². The third kappa shape index (κ3) is 11.7. The molecule has 2 aliphatic carbocycles. The summed E-state index contributed by atoms with van der Waals surface area (Å²) < 4.78 is 4.79. The van der Waals surface area contributed by atoms with E-state index in [9.17, 15) is 19.2 Å². The molecule has 8 N–H and O–H groups in total. The third-order valence-corrected chi connectivity index (χ3v) is 12.9. The third-order valence-electron chi connectivity index (χ3n) is 12.0. The van der Waals surface area contributed by atoms with Gasteiger partial charge in [-0.3, -0.25) is 19.2 Å². The number of nitrogens with two attached hydrogens (primary N) is 2. The molecule has 2 saturated heterocycles. The van der Waals surface area contributed by atoms with Gasteiger partial charge in [-0.2, -0.15) is 0 Å². The molecule has 2 aromatic heterocycles. The molecule has 64 heavy (non-hydrogen) atoms. The van der Waals surface area contributed by atoms with Crippen LogP contribution < -0.4 is 40.1 Å². The van der Waals surface area contributed by atoms with Gasteiger partial charge < -0.3 is 51.9 Å². The maximum absolute atomic E-state index is 13.1. The second-order valence-corrected chi connectivity index (χ2v) is 17.6. The largest absolute Gasteiger partial charge is 1.00 e. The monoisotopic (exact) mass is 952 g/mol. The number of carbonyl (C=O) groups excluding carboxylic acids is 3. The maximum atomic E-state index is 13.1. The van der Waals surface area contributed by atoms with Gasteiger partial charge >= 0.3 is 30.8 Å². The molecule has 2 aromatic carbocycles. The summed E-state index contributed by atoms with van der Waals surface area (Å²) in [6.45, 7) is 3.13. The number of aliphatic carboxylic acids is 1. The van der Waals surface area contributed by atoms with Crippen LogP contribution in [0.15, 0.2) is 73.1 Å². The molecule has 2 amide bonds. The van der Waals surface area contributed by atoms with E-state index >= 15 is 0 Å². The zero-order valence-corrected chi connectivity index (χ0v) is 38.3. The number of anilines is 4. The van der Waals surface area contributed by atoms with E-state index in [2.05, 4.69) is 19.8 Å². The molecular formula is C43H49Cl4LiN8O8. The summed E-state index contributed by atoms with van der Waals surface area (Å²) >= 11 is 24.2. The number of nitrogen functional groups attached to an aromatic ring is 2. The number of benzene rings is 2. The first-order chi connectivity index (χ1) is 29.2. The van der Waals surface area contributed by atoms with Crippen molar-refractivity contribution in [3.8, 4) is 0 Å². The van der Waals surface area contributed by atoms with Crippen LogP contribution >= 0.6 is 46.4 Å². The fraction of sp³-hybridized carbons (Fsp3) is 0.395. The van der Waals surface area contributed by atoms with Crippen LogP contribution in [-0.4, -0.2) is 106 Å². The molecule has 8 rings (SSSR count). The van der Waals surface area contributed by atoms with Crippen LogP contribution in [0, 0.1) is 23.7 Å². The number of carboxylic acids is 1. The predicted octanol–water partition coefficient (Wildman–Crippen LogP) is 3.03. The van der Waals surface area contributed by atoms with E-state index in [1.165, 1.54) is 7.11 Å². The Balaban J connectivity index is 0.000000268. The predicted molar refractivity (Wildman–Crippen MR) is 241 cm³/mol. The van der Waals surface area contributed by atoms with Gasteiger partial charge in [0.05, 0.1) is 52.4 Å². The minimum atomic E-state index is -0.827. The number of ether oxygens (including phenoxy) is 1. The summed E-state index contributed by atoms with van der Waals surface area (Å²) in [6.07, 6.45) is 5.04. The Morgan fingerprint density at radius 2 is 1.00 bits per heavy atom.